The lowest BCUT2D eigenvalue weighted by Gasteiger charge is -2.15. The Morgan fingerprint density at radius 3 is 1.83 bits per heavy atom. The molecule has 18 heavy (non-hydrogen) atoms. The first-order chi connectivity index (χ1) is 8.69. The lowest BCUT2D eigenvalue weighted by Crippen LogP contribution is -2.07. The third-order valence-corrected chi connectivity index (χ3v) is 3.37. The van der Waals surface area contributed by atoms with E-state index < -0.39 is 0 Å². The minimum absolute atomic E-state index is 0.188. The average molecular weight is 240 g/mol. The van der Waals surface area contributed by atoms with Crippen molar-refractivity contribution < 1.29 is 5.11 Å². The summed E-state index contributed by atoms with van der Waals surface area (Å²) in [6.07, 6.45) is 0.889. The van der Waals surface area contributed by atoms with E-state index in [0.717, 1.165) is 6.42 Å². The molecular formula is C17H20O. The maximum absolute atomic E-state index is 9.56. The van der Waals surface area contributed by atoms with Gasteiger partial charge in [-0.2, -0.15) is 0 Å². The Balaban J connectivity index is 2.14. The van der Waals surface area contributed by atoms with Crippen LogP contribution in [0.3, 0.4) is 0 Å². The number of aliphatic hydroxyl groups excluding tert-OH is 1. The van der Waals surface area contributed by atoms with Gasteiger partial charge in [-0.3, -0.25) is 0 Å². The van der Waals surface area contributed by atoms with E-state index in [1.54, 1.807) is 0 Å². The quantitative estimate of drug-likeness (QED) is 0.865. The van der Waals surface area contributed by atoms with Gasteiger partial charge in [-0.25, -0.2) is 0 Å². The van der Waals surface area contributed by atoms with Crippen LogP contribution in [0.2, 0.25) is 0 Å². The molecule has 0 radical (unpaired) electrons. The van der Waals surface area contributed by atoms with Crippen LogP contribution in [-0.2, 0) is 6.42 Å². The van der Waals surface area contributed by atoms with E-state index in [1.165, 1.54) is 22.3 Å². The van der Waals surface area contributed by atoms with Crippen LogP contribution in [0.15, 0.2) is 48.5 Å². The van der Waals surface area contributed by atoms with Crippen molar-refractivity contribution in [1.29, 1.82) is 0 Å². The topological polar surface area (TPSA) is 20.2 Å². The van der Waals surface area contributed by atoms with Gasteiger partial charge in [0.1, 0.15) is 0 Å². The average Bonchev–Trinajstić information content (AvgIpc) is 2.39. The summed E-state index contributed by atoms with van der Waals surface area (Å²) in [6.45, 7) is 4.36. The molecule has 0 spiro atoms. The lowest BCUT2D eigenvalue weighted by molar-refractivity contribution is 0.264. The van der Waals surface area contributed by atoms with E-state index in [2.05, 4.69) is 62.4 Å². The number of aliphatic hydroxyl groups is 1. The monoisotopic (exact) mass is 240 g/mol. The second kappa shape index (κ2) is 5.83. The summed E-state index contributed by atoms with van der Waals surface area (Å²) in [6, 6.07) is 17.0. The van der Waals surface area contributed by atoms with Crippen LogP contribution < -0.4 is 0 Å². The maximum Gasteiger partial charge on any atom is 0.0502 e. The van der Waals surface area contributed by atoms with Gasteiger partial charge in [-0.05, 0) is 31.4 Å². The molecule has 1 N–H and O–H groups in total. The van der Waals surface area contributed by atoms with Crippen LogP contribution in [0, 0.1) is 13.8 Å². The Labute approximate surface area is 109 Å². The van der Waals surface area contributed by atoms with Crippen molar-refractivity contribution in [1.82, 2.24) is 0 Å². The number of rotatable bonds is 4. The van der Waals surface area contributed by atoms with Crippen molar-refractivity contribution in [2.24, 2.45) is 0 Å². The van der Waals surface area contributed by atoms with E-state index in [0.29, 0.717) is 0 Å². The van der Waals surface area contributed by atoms with Gasteiger partial charge >= 0.3 is 0 Å². The van der Waals surface area contributed by atoms with Gasteiger partial charge in [-0.1, -0.05) is 59.7 Å². The molecule has 0 amide bonds. The lowest BCUT2D eigenvalue weighted by atomic mass is 9.92. The molecule has 1 nitrogen and oxygen atoms in total. The van der Waals surface area contributed by atoms with Crippen molar-refractivity contribution >= 4 is 0 Å². The standard InChI is InChI=1S/C17H20O/c1-13-3-7-15(8-4-13)11-17(12-18)16-9-5-14(2)6-10-16/h3-10,17-18H,11-12H2,1-2H3. The predicted molar refractivity (Wildman–Crippen MR) is 75.9 cm³/mol. The highest BCUT2D eigenvalue weighted by atomic mass is 16.3. The van der Waals surface area contributed by atoms with E-state index in [-0.39, 0.29) is 12.5 Å². The third kappa shape index (κ3) is 3.21. The second-order valence-electron chi connectivity index (χ2n) is 4.98. The molecule has 1 unspecified atom stereocenters. The Morgan fingerprint density at radius 1 is 0.833 bits per heavy atom. The molecule has 0 saturated carbocycles. The van der Waals surface area contributed by atoms with Crippen molar-refractivity contribution in [2.45, 2.75) is 26.2 Å². The van der Waals surface area contributed by atoms with Crippen LogP contribution in [0.1, 0.15) is 28.2 Å². The largest absolute Gasteiger partial charge is 0.396 e. The summed E-state index contributed by atoms with van der Waals surface area (Å²) in [4.78, 5) is 0. The van der Waals surface area contributed by atoms with E-state index in [1.807, 2.05) is 0 Å². The molecule has 1 atom stereocenters. The number of hydrogen-bond donors (Lipinski definition) is 1. The number of benzene rings is 2. The molecule has 0 saturated heterocycles. The van der Waals surface area contributed by atoms with Gasteiger partial charge < -0.3 is 5.11 Å². The Morgan fingerprint density at radius 2 is 1.33 bits per heavy atom. The molecule has 0 fully saturated rings. The third-order valence-electron chi connectivity index (χ3n) is 3.37. The molecule has 0 aromatic heterocycles. The van der Waals surface area contributed by atoms with Crippen molar-refractivity contribution in [3.63, 3.8) is 0 Å². The molecule has 2 aromatic rings. The van der Waals surface area contributed by atoms with Crippen LogP contribution in [0.4, 0.5) is 0 Å². The van der Waals surface area contributed by atoms with Crippen molar-refractivity contribution in [2.75, 3.05) is 6.61 Å². The zero-order valence-corrected chi connectivity index (χ0v) is 11.1. The molecule has 0 heterocycles. The Hall–Kier alpha value is -1.60. The minimum Gasteiger partial charge on any atom is -0.396 e. The fourth-order valence-corrected chi connectivity index (χ4v) is 2.14. The summed E-state index contributed by atoms with van der Waals surface area (Å²) >= 11 is 0. The molecule has 0 aliphatic heterocycles. The number of hydrogen-bond acceptors (Lipinski definition) is 1. The van der Waals surface area contributed by atoms with E-state index in [4.69, 9.17) is 0 Å². The molecule has 2 rings (SSSR count). The Bertz CT molecular complexity index is 482. The molecule has 0 bridgehead atoms. The van der Waals surface area contributed by atoms with Crippen LogP contribution in [-0.4, -0.2) is 11.7 Å². The zero-order chi connectivity index (χ0) is 13.0. The molecule has 2 aromatic carbocycles. The zero-order valence-electron chi connectivity index (χ0n) is 11.1. The Kier molecular flexibility index (Phi) is 4.16. The van der Waals surface area contributed by atoms with Crippen molar-refractivity contribution in [3.05, 3.63) is 70.8 Å². The maximum atomic E-state index is 9.56. The summed E-state index contributed by atoms with van der Waals surface area (Å²) in [5.74, 6) is 0.188. The normalized spacial score (nSPS) is 12.4. The van der Waals surface area contributed by atoms with Gasteiger partial charge in [0, 0.05) is 5.92 Å². The molecular weight excluding hydrogens is 220 g/mol. The SMILES string of the molecule is Cc1ccc(CC(CO)c2ccc(C)cc2)cc1. The van der Waals surface area contributed by atoms with E-state index in [9.17, 15) is 5.11 Å². The summed E-state index contributed by atoms with van der Waals surface area (Å²) < 4.78 is 0. The second-order valence-corrected chi connectivity index (χ2v) is 4.98. The first-order valence-electron chi connectivity index (χ1n) is 6.42. The summed E-state index contributed by atoms with van der Waals surface area (Å²) in [5.41, 5.74) is 5.02. The number of aryl methyl sites for hydroxylation is 2. The fraction of sp³-hybridized carbons (Fsp3) is 0.294. The first-order valence-corrected chi connectivity index (χ1v) is 6.42. The van der Waals surface area contributed by atoms with Gasteiger partial charge in [0.2, 0.25) is 0 Å². The van der Waals surface area contributed by atoms with E-state index >= 15 is 0 Å². The summed E-state index contributed by atoms with van der Waals surface area (Å²) in [7, 11) is 0. The smallest absolute Gasteiger partial charge is 0.0502 e. The van der Waals surface area contributed by atoms with Crippen LogP contribution in [0.5, 0.6) is 0 Å². The highest BCUT2D eigenvalue weighted by Gasteiger charge is 2.11. The highest BCUT2D eigenvalue weighted by molar-refractivity contribution is 5.28. The fourth-order valence-electron chi connectivity index (χ4n) is 2.14. The minimum atomic E-state index is 0.188. The van der Waals surface area contributed by atoms with Gasteiger partial charge in [0.25, 0.3) is 0 Å². The molecule has 1 heteroatoms. The van der Waals surface area contributed by atoms with Crippen LogP contribution in [0.25, 0.3) is 0 Å². The van der Waals surface area contributed by atoms with Gasteiger partial charge in [-0.15, -0.1) is 0 Å². The van der Waals surface area contributed by atoms with Crippen molar-refractivity contribution in [3.8, 4) is 0 Å². The van der Waals surface area contributed by atoms with Gasteiger partial charge in [0.15, 0.2) is 0 Å². The highest BCUT2D eigenvalue weighted by Crippen LogP contribution is 2.21. The summed E-state index contributed by atoms with van der Waals surface area (Å²) in [5, 5.41) is 9.56. The molecule has 0 aliphatic rings. The molecule has 94 valence electrons. The predicted octanol–water partition coefficient (Wildman–Crippen LogP) is 3.62. The van der Waals surface area contributed by atoms with Crippen LogP contribution >= 0.6 is 0 Å². The van der Waals surface area contributed by atoms with Gasteiger partial charge in [0.05, 0.1) is 6.61 Å². The molecule has 0 aliphatic carbocycles. The first kappa shape index (κ1) is 12.8.